The Bertz CT molecular complexity index is 495. The van der Waals surface area contributed by atoms with Crippen molar-refractivity contribution in [3.63, 3.8) is 0 Å². The number of ether oxygens (including phenoxy) is 2. The predicted octanol–water partition coefficient (Wildman–Crippen LogP) is -1.53. The van der Waals surface area contributed by atoms with E-state index in [0.29, 0.717) is 0 Å². The maximum absolute atomic E-state index is 11.3. The Balaban J connectivity index is 2.38. The van der Waals surface area contributed by atoms with Crippen molar-refractivity contribution < 1.29 is 34.8 Å². The van der Waals surface area contributed by atoms with Crippen molar-refractivity contribution in [1.82, 2.24) is 0 Å². The van der Waals surface area contributed by atoms with E-state index >= 15 is 0 Å². The van der Waals surface area contributed by atoms with Gasteiger partial charge >= 0.3 is 5.91 Å². The summed E-state index contributed by atoms with van der Waals surface area (Å²) in [4.78, 5) is 10.3. The molecule has 1 heterocycles. The van der Waals surface area contributed by atoms with Gasteiger partial charge in [-0.3, -0.25) is 14.9 Å². The molecule has 0 bridgehead atoms. The van der Waals surface area contributed by atoms with Crippen molar-refractivity contribution in [1.29, 1.82) is 0 Å². The van der Waals surface area contributed by atoms with E-state index in [-0.39, 0.29) is 5.75 Å². The zero-order chi connectivity index (χ0) is 15.6. The number of nitro groups is 1. The minimum Gasteiger partial charge on any atom is -0.403 e. The van der Waals surface area contributed by atoms with Crippen molar-refractivity contribution >= 4 is 0 Å². The van der Waals surface area contributed by atoms with E-state index < -0.39 is 41.9 Å². The molecule has 9 nitrogen and oxygen atoms in total. The number of rotatable bonds is 4. The highest BCUT2D eigenvalue weighted by Gasteiger charge is 2.65. The third-order valence-corrected chi connectivity index (χ3v) is 3.19. The molecule has 2 rings (SSSR count). The molecule has 0 saturated carbocycles. The van der Waals surface area contributed by atoms with Crippen LogP contribution in [0.3, 0.4) is 0 Å². The smallest absolute Gasteiger partial charge is 0.403 e. The SMILES string of the molecule is O=[N+]([O-])[C@]1(Oc2ccccc2)O[C@H](CO)[C@@H](O)[C@H](O)[C@H]1O. The monoisotopic (exact) mass is 301 g/mol. The fourth-order valence-corrected chi connectivity index (χ4v) is 2.05. The molecule has 0 radical (unpaired) electrons. The number of benzene rings is 1. The van der Waals surface area contributed by atoms with Crippen LogP contribution < -0.4 is 4.74 Å². The van der Waals surface area contributed by atoms with Crippen molar-refractivity contribution in [2.45, 2.75) is 30.3 Å². The topological polar surface area (TPSA) is 143 Å². The Morgan fingerprint density at radius 2 is 1.86 bits per heavy atom. The number of para-hydroxylation sites is 1. The molecular weight excluding hydrogens is 286 g/mol. The summed E-state index contributed by atoms with van der Waals surface area (Å²) in [6, 6.07) is 7.54. The standard InChI is InChI=1S/C12H15NO8/c14-6-8-9(15)10(16)11(17)12(21-8,13(18)19)20-7-4-2-1-3-5-7/h1-5,8-11,14-17H,6H2/t8-,9-,10+,11-,12-/m1/s1. The summed E-state index contributed by atoms with van der Waals surface area (Å²) in [7, 11) is 0. The normalized spacial score (nSPS) is 36.2. The van der Waals surface area contributed by atoms with Gasteiger partial charge in [-0.25, -0.2) is 0 Å². The third kappa shape index (κ3) is 2.69. The molecule has 1 aliphatic rings. The summed E-state index contributed by atoms with van der Waals surface area (Å²) in [5.41, 5.74) is 0. The number of nitrogens with zero attached hydrogens (tertiary/aromatic N) is 1. The molecule has 0 spiro atoms. The average molecular weight is 301 g/mol. The molecule has 9 heteroatoms. The molecule has 0 unspecified atom stereocenters. The van der Waals surface area contributed by atoms with E-state index in [1.807, 2.05) is 0 Å². The highest BCUT2D eigenvalue weighted by molar-refractivity contribution is 5.21. The van der Waals surface area contributed by atoms with Gasteiger partial charge in [0, 0.05) is 0 Å². The Morgan fingerprint density at radius 1 is 1.24 bits per heavy atom. The largest absolute Gasteiger partial charge is 0.513 e. The number of aliphatic hydroxyl groups is 4. The van der Waals surface area contributed by atoms with Crippen LogP contribution in [0.4, 0.5) is 0 Å². The molecule has 1 aliphatic heterocycles. The van der Waals surface area contributed by atoms with E-state index in [1.165, 1.54) is 12.1 Å². The van der Waals surface area contributed by atoms with E-state index in [4.69, 9.17) is 14.6 Å². The highest BCUT2D eigenvalue weighted by Crippen LogP contribution is 2.33. The van der Waals surface area contributed by atoms with Gasteiger partial charge in [-0.15, -0.1) is 0 Å². The van der Waals surface area contributed by atoms with Gasteiger partial charge in [0.15, 0.2) is 0 Å². The second kappa shape index (κ2) is 5.92. The first-order valence-corrected chi connectivity index (χ1v) is 6.14. The molecule has 1 fully saturated rings. The minimum atomic E-state index is -2.83. The minimum absolute atomic E-state index is 0.0218. The van der Waals surface area contributed by atoms with E-state index in [1.54, 1.807) is 18.2 Å². The summed E-state index contributed by atoms with van der Waals surface area (Å²) < 4.78 is 10.1. The van der Waals surface area contributed by atoms with Crippen LogP contribution in [0.15, 0.2) is 30.3 Å². The molecule has 21 heavy (non-hydrogen) atoms. The lowest BCUT2D eigenvalue weighted by molar-refractivity contribution is -0.706. The first-order chi connectivity index (χ1) is 9.92. The fraction of sp³-hybridized carbons (Fsp3) is 0.500. The molecule has 0 aliphatic carbocycles. The summed E-state index contributed by atoms with van der Waals surface area (Å²) in [6.07, 6.45) is -7.22. The van der Waals surface area contributed by atoms with Crippen molar-refractivity contribution in [3.8, 4) is 5.75 Å². The molecule has 1 saturated heterocycles. The third-order valence-electron chi connectivity index (χ3n) is 3.19. The van der Waals surface area contributed by atoms with Crippen LogP contribution in [0.2, 0.25) is 0 Å². The number of aliphatic hydroxyl groups excluding tert-OH is 4. The first kappa shape index (κ1) is 15.6. The van der Waals surface area contributed by atoms with Gasteiger partial charge in [0.1, 0.15) is 29.0 Å². The van der Waals surface area contributed by atoms with Gasteiger partial charge in [-0.1, -0.05) is 18.2 Å². The Hall–Kier alpha value is -1.78. The van der Waals surface area contributed by atoms with Crippen molar-refractivity contribution in [3.05, 3.63) is 40.4 Å². The average Bonchev–Trinajstić information content (AvgIpc) is 2.48. The molecule has 5 atom stereocenters. The van der Waals surface area contributed by atoms with Crippen LogP contribution in [0.25, 0.3) is 0 Å². The van der Waals surface area contributed by atoms with Crippen LogP contribution in [-0.4, -0.2) is 62.3 Å². The highest BCUT2D eigenvalue weighted by atomic mass is 16.8. The molecular formula is C12H15NO8. The zero-order valence-electron chi connectivity index (χ0n) is 10.8. The number of hydrogen-bond donors (Lipinski definition) is 4. The Kier molecular flexibility index (Phi) is 4.40. The second-order valence-corrected chi connectivity index (χ2v) is 4.57. The molecule has 0 aromatic heterocycles. The van der Waals surface area contributed by atoms with E-state index in [9.17, 15) is 25.4 Å². The summed E-state index contributed by atoms with van der Waals surface area (Å²) in [5, 5.41) is 49.7. The van der Waals surface area contributed by atoms with Gasteiger partial charge in [0.2, 0.25) is 6.10 Å². The van der Waals surface area contributed by atoms with Crippen LogP contribution in [-0.2, 0) is 4.74 Å². The van der Waals surface area contributed by atoms with Gasteiger partial charge < -0.3 is 25.2 Å². The lowest BCUT2D eigenvalue weighted by atomic mass is 9.96. The maximum Gasteiger partial charge on any atom is 0.513 e. The fourth-order valence-electron chi connectivity index (χ4n) is 2.05. The van der Waals surface area contributed by atoms with E-state index in [0.717, 1.165) is 0 Å². The quantitative estimate of drug-likeness (QED) is 0.298. The second-order valence-electron chi connectivity index (χ2n) is 4.57. The predicted molar refractivity (Wildman–Crippen MR) is 66.8 cm³/mol. The molecule has 0 amide bonds. The Morgan fingerprint density at radius 3 is 2.38 bits per heavy atom. The maximum atomic E-state index is 11.3. The Labute approximate surface area is 119 Å². The lowest BCUT2D eigenvalue weighted by Crippen LogP contribution is -2.70. The van der Waals surface area contributed by atoms with Gasteiger partial charge in [0.05, 0.1) is 6.61 Å². The van der Waals surface area contributed by atoms with E-state index in [2.05, 4.69) is 0 Å². The van der Waals surface area contributed by atoms with Crippen molar-refractivity contribution in [2.24, 2.45) is 0 Å². The van der Waals surface area contributed by atoms with Crippen molar-refractivity contribution in [2.75, 3.05) is 6.61 Å². The molecule has 116 valence electrons. The van der Waals surface area contributed by atoms with Gasteiger partial charge in [-0.05, 0) is 12.1 Å². The van der Waals surface area contributed by atoms with Crippen LogP contribution in [0.1, 0.15) is 0 Å². The zero-order valence-corrected chi connectivity index (χ0v) is 10.8. The first-order valence-electron chi connectivity index (χ1n) is 6.14. The van der Waals surface area contributed by atoms with Crippen LogP contribution >= 0.6 is 0 Å². The molecule has 1 aromatic carbocycles. The summed E-state index contributed by atoms with van der Waals surface area (Å²) >= 11 is 0. The number of hydrogen-bond acceptors (Lipinski definition) is 8. The molecule has 4 N–H and O–H groups in total. The van der Waals surface area contributed by atoms with Crippen LogP contribution in [0.5, 0.6) is 5.75 Å². The summed E-state index contributed by atoms with van der Waals surface area (Å²) in [5.74, 6) is -2.80. The molecule has 1 aromatic rings. The van der Waals surface area contributed by atoms with Crippen LogP contribution in [0, 0.1) is 10.1 Å². The van der Waals surface area contributed by atoms with Gasteiger partial charge in [-0.2, -0.15) is 0 Å². The van der Waals surface area contributed by atoms with Gasteiger partial charge in [0.25, 0.3) is 0 Å². The lowest BCUT2D eigenvalue weighted by Gasteiger charge is -2.41. The summed E-state index contributed by atoms with van der Waals surface area (Å²) in [6.45, 7) is -0.793.